The molecule has 0 spiro atoms. The zero-order valence-electron chi connectivity index (χ0n) is 20.3. The minimum Gasteiger partial charge on any atom is -0.406 e. The molecule has 1 amide bonds. The van der Waals surface area contributed by atoms with Crippen molar-refractivity contribution >= 4 is 22.9 Å². The summed E-state index contributed by atoms with van der Waals surface area (Å²) in [7, 11) is 1.37. The Morgan fingerprint density at radius 2 is 1.87 bits per heavy atom. The number of hydrogen-bond acceptors (Lipinski definition) is 9. The van der Waals surface area contributed by atoms with Crippen molar-refractivity contribution in [2.45, 2.75) is 37.4 Å². The molecule has 14 heteroatoms. The fourth-order valence-electron chi connectivity index (χ4n) is 4.22. The summed E-state index contributed by atoms with van der Waals surface area (Å²) in [4.78, 5) is 25.5. The first-order valence-corrected chi connectivity index (χ1v) is 11.8. The summed E-state index contributed by atoms with van der Waals surface area (Å²) in [5, 5.41) is 26.6. The number of alkyl halides is 3. The minimum atomic E-state index is -4.89. The second-order valence-electron chi connectivity index (χ2n) is 8.68. The Morgan fingerprint density at radius 1 is 1.10 bits per heavy atom. The molecule has 3 heterocycles. The highest BCUT2D eigenvalue weighted by molar-refractivity contribution is 5.85. The van der Waals surface area contributed by atoms with E-state index >= 15 is 0 Å². The second-order valence-corrected chi connectivity index (χ2v) is 8.68. The van der Waals surface area contributed by atoms with Crippen LogP contribution in [-0.2, 0) is 16.1 Å². The number of aliphatic hydroxyl groups excluding tert-OH is 2. The molecule has 204 valence electrons. The van der Waals surface area contributed by atoms with Gasteiger partial charge in [0.15, 0.2) is 35.1 Å². The topological polar surface area (TPSA) is 144 Å². The Hall–Kier alpha value is -4.27. The number of rotatable bonds is 7. The first-order chi connectivity index (χ1) is 18.6. The summed E-state index contributed by atoms with van der Waals surface area (Å²) < 4.78 is 49.5. The van der Waals surface area contributed by atoms with Gasteiger partial charge in [-0.05, 0) is 17.7 Å². The first-order valence-electron chi connectivity index (χ1n) is 11.8. The van der Waals surface area contributed by atoms with E-state index in [1.165, 1.54) is 30.1 Å². The Bertz CT molecular complexity index is 1480. The predicted octanol–water partition coefficient (Wildman–Crippen LogP) is 2.37. The third-order valence-electron chi connectivity index (χ3n) is 6.07. The van der Waals surface area contributed by atoms with Crippen LogP contribution in [0.5, 0.6) is 5.75 Å². The lowest BCUT2D eigenvalue weighted by molar-refractivity contribution is -0.274. The summed E-state index contributed by atoms with van der Waals surface area (Å²) in [5.41, 5.74) is 1.56. The molecule has 0 saturated carbocycles. The van der Waals surface area contributed by atoms with Crippen LogP contribution in [0.3, 0.4) is 0 Å². The number of nitrogens with one attached hydrogen (secondary N) is 2. The molecule has 0 radical (unpaired) electrons. The number of carbonyl (C=O) groups excluding carboxylic acids is 1. The second kappa shape index (κ2) is 10.5. The van der Waals surface area contributed by atoms with Gasteiger partial charge in [-0.2, -0.15) is 0 Å². The van der Waals surface area contributed by atoms with Gasteiger partial charge in [0, 0.05) is 19.2 Å². The maximum Gasteiger partial charge on any atom is 0.573 e. The van der Waals surface area contributed by atoms with Crippen molar-refractivity contribution in [3.05, 3.63) is 66.5 Å². The number of likely N-dealkylation sites (N-methyl/N-ethyl adjacent to an activating group) is 1. The van der Waals surface area contributed by atoms with Gasteiger partial charge in [-0.1, -0.05) is 42.5 Å². The number of aliphatic hydroxyl groups is 2. The quantitative estimate of drug-likeness (QED) is 0.276. The molecule has 4 N–H and O–H groups in total. The zero-order valence-corrected chi connectivity index (χ0v) is 20.3. The lowest BCUT2D eigenvalue weighted by Gasteiger charge is -2.17. The lowest BCUT2D eigenvalue weighted by atomic mass is 10.1. The molecule has 0 aliphatic carbocycles. The fraction of sp³-hybridized carbons (Fsp3) is 0.280. The highest BCUT2D eigenvalue weighted by atomic mass is 19.4. The summed E-state index contributed by atoms with van der Waals surface area (Å²) in [6.07, 6.45) is -9.19. The molecule has 4 atom stereocenters. The third kappa shape index (κ3) is 5.48. The number of hydrogen-bond donors (Lipinski definition) is 4. The first kappa shape index (κ1) is 26.3. The maximum absolute atomic E-state index is 12.8. The normalized spacial score (nSPS) is 21.2. The molecule has 4 unspecified atom stereocenters. The molecule has 0 bridgehead atoms. The van der Waals surface area contributed by atoms with E-state index in [1.807, 2.05) is 30.3 Å². The number of ether oxygens (including phenoxy) is 2. The van der Waals surface area contributed by atoms with Gasteiger partial charge < -0.3 is 30.3 Å². The summed E-state index contributed by atoms with van der Waals surface area (Å²) >= 11 is 0. The third-order valence-corrected chi connectivity index (χ3v) is 6.07. The van der Waals surface area contributed by atoms with Crippen LogP contribution in [0.4, 0.5) is 19.0 Å². The van der Waals surface area contributed by atoms with Gasteiger partial charge in [0.05, 0.1) is 6.33 Å². The van der Waals surface area contributed by atoms with Gasteiger partial charge in [-0.3, -0.25) is 9.36 Å². The van der Waals surface area contributed by atoms with Gasteiger partial charge in [-0.25, -0.2) is 15.0 Å². The van der Waals surface area contributed by atoms with Gasteiger partial charge in [0.25, 0.3) is 5.91 Å². The van der Waals surface area contributed by atoms with Crippen LogP contribution in [0.2, 0.25) is 0 Å². The van der Waals surface area contributed by atoms with Crippen LogP contribution in [-0.4, -0.2) is 67.4 Å². The smallest absolute Gasteiger partial charge is 0.406 e. The molecule has 1 saturated heterocycles. The number of anilines is 1. The minimum absolute atomic E-state index is 0.0309. The van der Waals surface area contributed by atoms with E-state index in [0.717, 1.165) is 17.7 Å². The number of carbonyl (C=O) groups is 1. The molecule has 39 heavy (non-hydrogen) atoms. The predicted molar refractivity (Wildman–Crippen MR) is 131 cm³/mol. The molecular weight excluding hydrogens is 521 g/mol. The van der Waals surface area contributed by atoms with E-state index in [1.54, 1.807) is 0 Å². The zero-order chi connectivity index (χ0) is 27.7. The SMILES string of the molecule is CNC(=O)C1OC(n2cnc3c(NCc4ccccc4)nc(-c4cccc(OC(F)(F)F)c4)nc32)C(O)C1O. The largest absolute Gasteiger partial charge is 0.573 e. The summed E-state index contributed by atoms with van der Waals surface area (Å²) in [5.74, 6) is -0.795. The van der Waals surface area contributed by atoms with Crippen LogP contribution in [0.1, 0.15) is 11.8 Å². The number of aromatic nitrogens is 4. The maximum atomic E-state index is 12.8. The van der Waals surface area contributed by atoms with E-state index in [9.17, 15) is 28.2 Å². The number of imidazole rings is 1. The monoisotopic (exact) mass is 544 g/mol. The molecule has 11 nitrogen and oxygen atoms in total. The molecule has 2 aromatic carbocycles. The van der Waals surface area contributed by atoms with Crippen molar-refractivity contribution in [3.63, 3.8) is 0 Å². The van der Waals surface area contributed by atoms with Crippen molar-refractivity contribution in [1.29, 1.82) is 0 Å². The van der Waals surface area contributed by atoms with Gasteiger partial charge in [0.1, 0.15) is 18.0 Å². The highest BCUT2D eigenvalue weighted by Gasteiger charge is 2.47. The standard InChI is InChI=1S/C25H23F3N6O5/c1-29-23(37)19-17(35)18(36)24(38-19)34-12-31-16-21(30-11-13-6-3-2-4-7-13)32-20(33-22(16)34)14-8-5-9-15(10-14)39-25(26,27)28/h2-10,12,17-19,24,35-36H,11H2,1H3,(H,29,37)(H,30,32,33). The van der Waals surface area contributed by atoms with Crippen LogP contribution in [0, 0.1) is 0 Å². The van der Waals surface area contributed by atoms with Crippen molar-refractivity contribution < 1.29 is 37.7 Å². The molecule has 1 aliphatic rings. The fourth-order valence-corrected chi connectivity index (χ4v) is 4.22. The van der Waals surface area contributed by atoms with Crippen molar-refractivity contribution in [1.82, 2.24) is 24.8 Å². The van der Waals surface area contributed by atoms with Crippen LogP contribution in [0.15, 0.2) is 60.9 Å². The van der Waals surface area contributed by atoms with E-state index in [4.69, 9.17) is 4.74 Å². The molecule has 1 fully saturated rings. The van der Waals surface area contributed by atoms with Crippen molar-refractivity contribution in [3.8, 4) is 17.1 Å². The van der Waals surface area contributed by atoms with Crippen molar-refractivity contribution in [2.75, 3.05) is 12.4 Å². The number of fused-ring (bicyclic) bond motifs is 1. The van der Waals surface area contributed by atoms with Gasteiger partial charge in [0.2, 0.25) is 0 Å². The molecule has 1 aliphatic heterocycles. The van der Waals surface area contributed by atoms with Crippen LogP contribution < -0.4 is 15.4 Å². The number of halogens is 3. The van der Waals surface area contributed by atoms with E-state index in [-0.39, 0.29) is 28.4 Å². The van der Waals surface area contributed by atoms with Gasteiger partial charge >= 0.3 is 6.36 Å². The van der Waals surface area contributed by atoms with Gasteiger partial charge in [-0.15, -0.1) is 13.2 Å². The number of nitrogens with zero attached hydrogens (tertiary/aromatic N) is 4. The molecular formula is C25H23F3N6O5. The van der Waals surface area contributed by atoms with Crippen LogP contribution in [0.25, 0.3) is 22.6 Å². The van der Waals surface area contributed by atoms with E-state index in [2.05, 4.69) is 30.3 Å². The summed E-state index contributed by atoms with van der Waals surface area (Å²) in [6, 6.07) is 14.6. The average molecular weight is 544 g/mol. The number of amides is 1. The van der Waals surface area contributed by atoms with E-state index < -0.39 is 42.6 Å². The molecule has 2 aromatic heterocycles. The Labute approximate surface area is 219 Å². The van der Waals surface area contributed by atoms with Crippen LogP contribution >= 0.6 is 0 Å². The van der Waals surface area contributed by atoms with E-state index in [0.29, 0.717) is 6.54 Å². The Balaban J connectivity index is 1.58. The Kier molecular flexibility index (Phi) is 7.08. The highest BCUT2D eigenvalue weighted by Crippen LogP contribution is 2.34. The van der Waals surface area contributed by atoms with Crippen molar-refractivity contribution in [2.24, 2.45) is 0 Å². The molecule has 4 aromatic rings. The lowest BCUT2D eigenvalue weighted by Crippen LogP contribution is -2.41. The average Bonchev–Trinajstić information content (AvgIpc) is 3.47. The molecule has 5 rings (SSSR count). The Morgan fingerprint density at radius 3 is 2.59 bits per heavy atom. The summed E-state index contributed by atoms with van der Waals surface area (Å²) in [6.45, 7) is 0.344. The number of benzene rings is 2.